The molecule has 0 aromatic carbocycles. The summed E-state index contributed by atoms with van der Waals surface area (Å²) in [5.41, 5.74) is 0. The molecule has 1 N–H and O–H groups in total. The van der Waals surface area contributed by atoms with Crippen LogP contribution in [0.3, 0.4) is 0 Å². The molecule has 4 nitrogen and oxygen atoms in total. The van der Waals surface area contributed by atoms with Gasteiger partial charge in [0.15, 0.2) is 0 Å². The van der Waals surface area contributed by atoms with Crippen LogP contribution in [-0.2, 0) is 6.54 Å². The maximum absolute atomic E-state index is 5.39. The Morgan fingerprint density at radius 3 is 2.89 bits per heavy atom. The average molecular weight is 328 g/mol. The molecule has 0 spiro atoms. The van der Waals surface area contributed by atoms with E-state index in [2.05, 4.69) is 42.7 Å². The largest absolute Gasteiger partial charge is 0.478 e. The third-order valence-corrected chi connectivity index (χ3v) is 3.87. The highest BCUT2D eigenvalue weighted by Gasteiger charge is 2.03. The fourth-order valence-corrected chi connectivity index (χ4v) is 2.87. The molecule has 6 heteroatoms. The number of halogens is 1. The normalized spacial score (nSPS) is 10.4. The van der Waals surface area contributed by atoms with Gasteiger partial charge in [-0.1, -0.05) is 0 Å². The molecule has 0 saturated carbocycles. The van der Waals surface area contributed by atoms with Gasteiger partial charge in [0.25, 0.3) is 0 Å². The number of rotatable bonds is 5. The van der Waals surface area contributed by atoms with Crippen molar-refractivity contribution in [2.75, 3.05) is 11.9 Å². The van der Waals surface area contributed by atoms with Crippen molar-refractivity contribution in [3.63, 3.8) is 0 Å². The third-order valence-electron chi connectivity index (χ3n) is 2.17. The van der Waals surface area contributed by atoms with E-state index in [1.54, 1.807) is 11.3 Å². The molecule has 0 aliphatic carbocycles. The zero-order chi connectivity index (χ0) is 13.0. The maximum atomic E-state index is 5.39. The Morgan fingerprint density at radius 2 is 2.22 bits per heavy atom. The van der Waals surface area contributed by atoms with Gasteiger partial charge < -0.3 is 10.1 Å². The Kier molecular flexibility index (Phi) is 4.54. The first-order valence-corrected chi connectivity index (χ1v) is 7.30. The summed E-state index contributed by atoms with van der Waals surface area (Å²) in [7, 11) is 0. The number of nitrogens with one attached hydrogen (secondary N) is 1. The van der Waals surface area contributed by atoms with E-state index in [4.69, 9.17) is 4.74 Å². The highest BCUT2D eigenvalue weighted by atomic mass is 79.9. The van der Waals surface area contributed by atoms with Crippen molar-refractivity contribution in [2.24, 2.45) is 0 Å². The Morgan fingerprint density at radius 1 is 1.39 bits per heavy atom. The molecule has 0 amide bonds. The van der Waals surface area contributed by atoms with Crippen LogP contribution in [0.15, 0.2) is 22.0 Å². The van der Waals surface area contributed by atoms with Crippen LogP contribution in [0, 0.1) is 6.92 Å². The van der Waals surface area contributed by atoms with Crippen molar-refractivity contribution in [1.29, 1.82) is 0 Å². The minimum Gasteiger partial charge on any atom is -0.478 e. The van der Waals surface area contributed by atoms with Crippen LogP contribution in [-0.4, -0.2) is 16.6 Å². The molecule has 2 aromatic rings. The van der Waals surface area contributed by atoms with Crippen LogP contribution in [0.2, 0.25) is 0 Å². The smallest absolute Gasteiger partial charge is 0.218 e. The molecule has 0 saturated heterocycles. The predicted octanol–water partition coefficient (Wildman–Crippen LogP) is 3.62. The number of hydrogen-bond acceptors (Lipinski definition) is 5. The molecule has 0 unspecified atom stereocenters. The van der Waals surface area contributed by atoms with Gasteiger partial charge in [-0.2, -0.15) is 4.98 Å². The summed E-state index contributed by atoms with van der Waals surface area (Å²) < 4.78 is 6.50. The summed E-state index contributed by atoms with van der Waals surface area (Å²) in [4.78, 5) is 9.78. The SMILES string of the molecule is CCOc1cc(NCc2cc(Br)cs2)nc(C)n1. The topological polar surface area (TPSA) is 47.0 Å². The summed E-state index contributed by atoms with van der Waals surface area (Å²) in [5.74, 6) is 2.10. The van der Waals surface area contributed by atoms with E-state index in [-0.39, 0.29) is 0 Å². The fraction of sp³-hybridized carbons (Fsp3) is 0.333. The van der Waals surface area contributed by atoms with Gasteiger partial charge in [-0.3, -0.25) is 0 Å². The van der Waals surface area contributed by atoms with Gasteiger partial charge in [-0.05, 0) is 35.8 Å². The van der Waals surface area contributed by atoms with E-state index < -0.39 is 0 Å². The van der Waals surface area contributed by atoms with Crippen molar-refractivity contribution in [3.8, 4) is 5.88 Å². The van der Waals surface area contributed by atoms with E-state index in [1.165, 1.54) is 4.88 Å². The number of thiophene rings is 1. The van der Waals surface area contributed by atoms with Gasteiger partial charge in [-0.25, -0.2) is 4.98 Å². The first-order valence-electron chi connectivity index (χ1n) is 5.62. The first-order chi connectivity index (χ1) is 8.67. The number of ether oxygens (including phenoxy) is 1. The van der Waals surface area contributed by atoms with Gasteiger partial charge >= 0.3 is 0 Å². The molecular formula is C12H14BrN3OS. The quantitative estimate of drug-likeness (QED) is 0.911. The number of hydrogen-bond donors (Lipinski definition) is 1. The predicted molar refractivity (Wildman–Crippen MR) is 77.3 cm³/mol. The molecule has 0 atom stereocenters. The lowest BCUT2D eigenvalue weighted by atomic mass is 10.4. The Bertz CT molecular complexity index is 530. The molecule has 0 aliphatic heterocycles. The van der Waals surface area contributed by atoms with Gasteiger partial charge in [-0.15, -0.1) is 11.3 Å². The van der Waals surface area contributed by atoms with Crippen LogP contribution < -0.4 is 10.1 Å². The molecule has 96 valence electrons. The van der Waals surface area contributed by atoms with Crippen LogP contribution in [0.5, 0.6) is 5.88 Å². The van der Waals surface area contributed by atoms with Crippen molar-refractivity contribution in [2.45, 2.75) is 20.4 Å². The minimum absolute atomic E-state index is 0.605. The molecule has 18 heavy (non-hydrogen) atoms. The molecule has 2 aromatic heterocycles. The van der Waals surface area contributed by atoms with E-state index in [0.717, 1.165) is 16.8 Å². The number of anilines is 1. The van der Waals surface area contributed by atoms with Gasteiger partial charge in [0.1, 0.15) is 11.6 Å². The van der Waals surface area contributed by atoms with Gasteiger partial charge in [0.05, 0.1) is 13.2 Å². The van der Waals surface area contributed by atoms with E-state index in [9.17, 15) is 0 Å². The average Bonchev–Trinajstić information content (AvgIpc) is 2.72. The van der Waals surface area contributed by atoms with Crippen molar-refractivity contribution >= 4 is 33.1 Å². The van der Waals surface area contributed by atoms with E-state index in [1.807, 2.05) is 19.9 Å². The maximum Gasteiger partial charge on any atom is 0.218 e. The highest BCUT2D eigenvalue weighted by Crippen LogP contribution is 2.21. The number of aryl methyl sites for hydroxylation is 1. The summed E-state index contributed by atoms with van der Waals surface area (Å²) >= 11 is 5.14. The van der Waals surface area contributed by atoms with E-state index in [0.29, 0.717) is 18.3 Å². The van der Waals surface area contributed by atoms with Crippen molar-refractivity contribution < 1.29 is 4.74 Å². The second-order valence-electron chi connectivity index (χ2n) is 3.66. The minimum atomic E-state index is 0.605. The van der Waals surface area contributed by atoms with Gasteiger partial charge in [0.2, 0.25) is 5.88 Å². The van der Waals surface area contributed by atoms with Crippen LogP contribution in [0.25, 0.3) is 0 Å². The lowest BCUT2D eigenvalue weighted by molar-refractivity contribution is 0.325. The standard InChI is InChI=1S/C12H14BrN3OS/c1-3-17-12-5-11(15-8(2)16-12)14-6-10-4-9(13)7-18-10/h4-5,7H,3,6H2,1-2H3,(H,14,15,16). The second kappa shape index (κ2) is 6.15. The highest BCUT2D eigenvalue weighted by molar-refractivity contribution is 9.10. The lowest BCUT2D eigenvalue weighted by Crippen LogP contribution is -2.04. The third kappa shape index (κ3) is 3.68. The van der Waals surface area contributed by atoms with Crippen LogP contribution in [0.4, 0.5) is 5.82 Å². The van der Waals surface area contributed by atoms with Crippen molar-refractivity contribution in [3.05, 3.63) is 32.7 Å². The zero-order valence-corrected chi connectivity index (χ0v) is 12.6. The second-order valence-corrected chi connectivity index (χ2v) is 5.57. The first kappa shape index (κ1) is 13.3. The molecule has 0 aliphatic rings. The zero-order valence-electron chi connectivity index (χ0n) is 10.2. The Hall–Kier alpha value is -1.14. The summed E-state index contributed by atoms with van der Waals surface area (Å²) in [6.45, 7) is 5.15. The molecule has 2 rings (SSSR count). The molecule has 2 heterocycles. The fourth-order valence-electron chi connectivity index (χ4n) is 1.48. The summed E-state index contributed by atoms with van der Waals surface area (Å²) in [6.07, 6.45) is 0. The number of nitrogens with zero attached hydrogens (tertiary/aromatic N) is 2. The lowest BCUT2D eigenvalue weighted by Gasteiger charge is -2.07. The molecular weight excluding hydrogens is 314 g/mol. The van der Waals surface area contributed by atoms with Crippen LogP contribution >= 0.6 is 27.3 Å². The monoisotopic (exact) mass is 327 g/mol. The Balaban J connectivity index is 2.04. The van der Waals surface area contributed by atoms with Gasteiger partial charge in [0, 0.05) is 20.8 Å². The Labute approximate surface area is 119 Å². The molecule has 0 bridgehead atoms. The molecule has 0 radical (unpaired) electrons. The summed E-state index contributed by atoms with van der Waals surface area (Å²) in [6, 6.07) is 3.91. The molecule has 0 fully saturated rings. The van der Waals surface area contributed by atoms with Crippen LogP contribution in [0.1, 0.15) is 17.6 Å². The van der Waals surface area contributed by atoms with E-state index >= 15 is 0 Å². The van der Waals surface area contributed by atoms with Crippen molar-refractivity contribution in [1.82, 2.24) is 9.97 Å². The summed E-state index contributed by atoms with van der Waals surface area (Å²) in [5, 5.41) is 5.34. The number of aromatic nitrogens is 2.